The summed E-state index contributed by atoms with van der Waals surface area (Å²) in [6, 6.07) is 3.32. The fourth-order valence-electron chi connectivity index (χ4n) is 1.36. The van der Waals surface area contributed by atoms with Gasteiger partial charge in [0.05, 0.1) is 0 Å². The molecule has 1 amide bonds. The van der Waals surface area contributed by atoms with Gasteiger partial charge in [0.1, 0.15) is 5.60 Å². The Kier molecular flexibility index (Phi) is 5.36. The van der Waals surface area contributed by atoms with Crippen LogP contribution in [0, 0.1) is 0 Å². The van der Waals surface area contributed by atoms with E-state index in [1.807, 2.05) is 32.9 Å². The molecule has 1 aromatic heterocycles. The summed E-state index contributed by atoms with van der Waals surface area (Å²) >= 11 is 0. The molecule has 0 saturated carbocycles. The number of amides is 1. The first-order valence-corrected chi connectivity index (χ1v) is 6.19. The third-order valence-electron chi connectivity index (χ3n) is 2.09. The summed E-state index contributed by atoms with van der Waals surface area (Å²) in [6.45, 7) is 5.95. The molecule has 0 unspecified atom stereocenters. The third kappa shape index (κ3) is 7.08. The van der Waals surface area contributed by atoms with Crippen molar-refractivity contribution in [3.63, 3.8) is 0 Å². The first-order valence-electron chi connectivity index (χ1n) is 6.19. The highest BCUT2D eigenvalue weighted by molar-refractivity contribution is 5.67. The van der Waals surface area contributed by atoms with Crippen LogP contribution < -0.4 is 10.9 Å². The van der Waals surface area contributed by atoms with Gasteiger partial charge >= 0.3 is 6.09 Å². The van der Waals surface area contributed by atoms with Crippen LogP contribution in [0.15, 0.2) is 29.2 Å². The van der Waals surface area contributed by atoms with Crippen molar-refractivity contribution < 1.29 is 9.53 Å². The van der Waals surface area contributed by atoms with E-state index in [-0.39, 0.29) is 5.56 Å². The predicted molar refractivity (Wildman–Crippen MR) is 75.0 cm³/mol. The molecule has 0 atom stereocenters. The van der Waals surface area contributed by atoms with Crippen molar-refractivity contribution in [1.29, 1.82) is 0 Å². The topological polar surface area (TPSA) is 71.2 Å². The van der Waals surface area contributed by atoms with Gasteiger partial charge in [-0.1, -0.05) is 12.2 Å². The molecule has 5 nitrogen and oxygen atoms in total. The number of aromatic nitrogens is 1. The average Bonchev–Trinajstić information content (AvgIpc) is 2.26. The van der Waals surface area contributed by atoms with Crippen molar-refractivity contribution in [3.8, 4) is 0 Å². The maximum atomic E-state index is 11.3. The molecule has 1 aromatic rings. The summed E-state index contributed by atoms with van der Waals surface area (Å²) in [4.78, 5) is 24.9. The van der Waals surface area contributed by atoms with Crippen LogP contribution in [0.25, 0.3) is 6.08 Å². The number of rotatable bonds is 4. The van der Waals surface area contributed by atoms with Gasteiger partial charge in [0.15, 0.2) is 0 Å². The van der Waals surface area contributed by atoms with Crippen molar-refractivity contribution >= 4 is 12.2 Å². The first-order chi connectivity index (χ1) is 8.87. The Bertz CT molecular complexity index is 498. The number of hydrogen-bond acceptors (Lipinski definition) is 3. The largest absolute Gasteiger partial charge is 0.444 e. The Hall–Kier alpha value is -2.04. The van der Waals surface area contributed by atoms with Gasteiger partial charge in [-0.2, -0.15) is 0 Å². The predicted octanol–water partition coefficient (Wildman–Crippen LogP) is 2.30. The maximum absolute atomic E-state index is 11.3. The minimum Gasteiger partial charge on any atom is -0.444 e. The summed E-state index contributed by atoms with van der Waals surface area (Å²) in [7, 11) is 0. The number of nitrogens with one attached hydrogen (secondary N) is 2. The zero-order chi connectivity index (χ0) is 14.3. The van der Waals surface area contributed by atoms with Gasteiger partial charge in [0, 0.05) is 18.8 Å². The van der Waals surface area contributed by atoms with E-state index in [1.165, 1.54) is 6.07 Å². The average molecular weight is 264 g/mol. The van der Waals surface area contributed by atoms with Crippen LogP contribution in [0.4, 0.5) is 4.79 Å². The van der Waals surface area contributed by atoms with Crippen LogP contribution in [0.1, 0.15) is 32.8 Å². The Morgan fingerprint density at radius 3 is 2.84 bits per heavy atom. The summed E-state index contributed by atoms with van der Waals surface area (Å²) in [5.41, 5.74) is 0.223. The van der Waals surface area contributed by atoms with Crippen molar-refractivity contribution in [2.45, 2.75) is 32.8 Å². The molecular formula is C14H20N2O3. The molecule has 0 aliphatic heterocycles. The molecule has 104 valence electrons. The molecule has 0 aromatic carbocycles. The Labute approximate surface area is 112 Å². The van der Waals surface area contributed by atoms with E-state index in [0.29, 0.717) is 13.0 Å². The maximum Gasteiger partial charge on any atom is 0.407 e. The number of alkyl carbamates (subject to hydrolysis) is 1. The molecule has 0 aliphatic rings. The van der Waals surface area contributed by atoms with E-state index in [1.54, 1.807) is 12.3 Å². The zero-order valence-electron chi connectivity index (χ0n) is 11.5. The van der Waals surface area contributed by atoms with Crippen molar-refractivity contribution in [2.75, 3.05) is 6.54 Å². The van der Waals surface area contributed by atoms with Gasteiger partial charge in [-0.15, -0.1) is 0 Å². The van der Waals surface area contributed by atoms with E-state index in [2.05, 4.69) is 10.3 Å². The molecule has 0 radical (unpaired) electrons. The van der Waals surface area contributed by atoms with Crippen LogP contribution in [0.3, 0.4) is 0 Å². The van der Waals surface area contributed by atoms with Gasteiger partial charge in [-0.3, -0.25) is 4.79 Å². The van der Waals surface area contributed by atoms with Crippen LogP contribution in [0.5, 0.6) is 0 Å². The third-order valence-corrected chi connectivity index (χ3v) is 2.09. The number of carbonyl (C=O) groups is 1. The van der Waals surface area contributed by atoms with Crippen molar-refractivity contribution in [2.24, 2.45) is 0 Å². The number of carbonyl (C=O) groups excluding carboxylic acids is 1. The van der Waals surface area contributed by atoms with Gasteiger partial charge < -0.3 is 15.0 Å². The molecule has 0 saturated heterocycles. The highest BCUT2D eigenvalue weighted by atomic mass is 16.6. The minimum absolute atomic E-state index is 0.131. The van der Waals surface area contributed by atoms with Gasteiger partial charge in [-0.25, -0.2) is 4.79 Å². The highest BCUT2D eigenvalue weighted by Crippen LogP contribution is 2.06. The molecule has 19 heavy (non-hydrogen) atoms. The SMILES string of the molecule is CC(C)(C)OC(=O)NCCC=Cc1cc[nH]c(=O)c1. The summed E-state index contributed by atoms with van der Waals surface area (Å²) in [6.07, 6.45) is 5.59. The monoisotopic (exact) mass is 264 g/mol. The van der Waals surface area contributed by atoms with E-state index in [4.69, 9.17) is 4.74 Å². The fourth-order valence-corrected chi connectivity index (χ4v) is 1.36. The van der Waals surface area contributed by atoms with Crippen LogP contribution >= 0.6 is 0 Å². The summed E-state index contributed by atoms with van der Waals surface area (Å²) < 4.78 is 5.10. The lowest BCUT2D eigenvalue weighted by atomic mass is 10.2. The molecule has 5 heteroatoms. The lowest BCUT2D eigenvalue weighted by Gasteiger charge is -2.19. The number of hydrogen-bond donors (Lipinski definition) is 2. The summed E-state index contributed by atoms with van der Waals surface area (Å²) in [5, 5.41) is 2.66. The number of aromatic amines is 1. The number of pyridine rings is 1. The molecular weight excluding hydrogens is 244 g/mol. The molecule has 0 spiro atoms. The number of ether oxygens (including phenoxy) is 1. The molecule has 0 bridgehead atoms. The highest BCUT2D eigenvalue weighted by Gasteiger charge is 2.14. The zero-order valence-corrected chi connectivity index (χ0v) is 11.5. The van der Waals surface area contributed by atoms with Crippen LogP contribution in [0.2, 0.25) is 0 Å². The lowest BCUT2D eigenvalue weighted by molar-refractivity contribution is 0.0529. The summed E-state index contributed by atoms with van der Waals surface area (Å²) in [5.74, 6) is 0. The van der Waals surface area contributed by atoms with Crippen molar-refractivity contribution in [3.05, 3.63) is 40.3 Å². The van der Waals surface area contributed by atoms with E-state index in [0.717, 1.165) is 5.56 Å². The second-order valence-electron chi connectivity index (χ2n) is 5.11. The second-order valence-corrected chi connectivity index (χ2v) is 5.11. The molecule has 0 fully saturated rings. The van der Waals surface area contributed by atoms with E-state index in [9.17, 15) is 9.59 Å². The quantitative estimate of drug-likeness (QED) is 0.820. The first kappa shape index (κ1) is 15.0. The van der Waals surface area contributed by atoms with Crippen LogP contribution in [-0.4, -0.2) is 23.2 Å². The Balaban J connectivity index is 2.28. The normalized spacial score (nSPS) is 11.5. The molecule has 1 heterocycles. The molecule has 2 N–H and O–H groups in total. The molecule has 0 aliphatic carbocycles. The molecule has 1 rings (SSSR count). The lowest BCUT2D eigenvalue weighted by Crippen LogP contribution is -2.32. The van der Waals surface area contributed by atoms with Crippen LogP contribution in [-0.2, 0) is 4.74 Å². The Morgan fingerprint density at radius 1 is 1.47 bits per heavy atom. The van der Waals surface area contributed by atoms with E-state index >= 15 is 0 Å². The van der Waals surface area contributed by atoms with Gasteiger partial charge in [0.25, 0.3) is 0 Å². The van der Waals surface area contributed by atoms with E-state index < -0.39 is 11.7 Å². The van der Waals surface area contributed by atoms with Gasteiger partial charge in [-0.05, 0) is 38.8 Å². The second kappa shape index (κ2) is 6.78. The minimum atomic E-state index is -0.481. The fraction of sp³-hybridized carbons (Fsp3) is 0.429. The van der Waals surface area contributed by atoms with Gasteiger partial charge in [0.2, 0.25) is 5.56 Å². The Morgan fingerprint density at radius 2 is 2.21 bits per heavy atom. The van der Waals surface area contributed by atoms with Crippen molar-refractivity contribution in [1.82, 2.24) is 10.3 Å². The number of H-pyrrole nitrogens is 1. The smallest absolute Gasteiger partial charge is 0.407 e. The standard InChI is InChI=1S/C14H20N2O3/c1-14(2,3)19-13(18)16-8-5-4-6-11-7-9-15-12(17)10-11/h4,6-7,9-10H,5,8H2,1-3H3,(H,15,17)(H,16,18).